The fourth-order valence-electron chi connectivity index (χ4n) is 1.57. The Morgan fingerprint density at radius 2 is 1.94 bits per heavy atom. The first-order valence-corrected chi connectivity index (χ1v) is 5.33. The van der Waals surface area contributed by atoms with Crippen molar-refractivity contribution in [2.45, 2.75) is 20.3 Å². The van der Waals surface area contributed by atoms with Gasteiger partial charge in [0, 0.05) is 13.6 Å². The van der Waals surface area contributed by atoms with E-state index in [1.165, 1.54) is 11.1 Å². The van der Waals surface area contributed by atoms with Crippen molar-refractivity contribution in [1.82, 2.24) is 4.90 Å². The Morgan fingerprint density at radius 1 is 1.31 bits per heavy atom. The monoisotopic (exact) mass is 218 g/mol. The van der Waals surface area contributed by atoms with Crippen LogP contribution in [0, 0.1) is 25.3 Å². The van der Waals surface area contributed by atoms with Gasteiger partial charge in [0.2, 0.25) is 0 Å². The molecule has 0 amide bonds. The van der Waals surface area contributed by atoms with Crippen LogP contribution in [0.1, 0.15) is 16.7 Å². The first-order valence-electron chi connectivity index (χ1n) is 5.33. The number of nitrogens with zero attached hydrogens (tertiary/aromatic N) is 2. The van der Waals surface area contributed by atoms with Crippen LogP contribution >= 0.6 is 0 Å². The molecule has 0 spiro atoms. The molecule has 0 radical (unpaired) electrons. The maximum atomic E-state index is 8.68. The second-order valence-electron chi connectivity index (χ2n) is 4.02. The molecule has 86 valence electrons. The summed E-state index contributed by atoms with van der Waals surface area (Å²) in [6.07, 6.45) is 2.92. The van der Waals surface area contributed by atoms with E-state index in [-0.39, 0.29) is 0 Å². The largest absolute Gasteiger partial charge is 0.496 e. The van der Waals surface area contributed by atoms with E-state index in [1.54, 1.807) is 19.1 Å². The molecule has 3 nitrogen and oxygen atoms in total. The van der Waals surface area contributed by atoms with E-state index in [0.29, 0.717) is 0 Å². The molecule has 0 saturated heterocycles. The molecule has 1 aromatic carbocycles. The van der Waals surface area contributed by atoms with Gasteiger partial charge in [0.1, 0.15) is 5.75 Å². The lowest BCUT2D eigenvalue weighted by atomic mass is 10.0. The lowest BCUT2D eigenvalue weighted by Gasteiger charge is -2.13. The van der Waals surface area contributed by atoms with E-state index < -0.39 is 0 Å². The van der Waals surface area contributed by atoms with Crippen LogP contribution in [0.3, 0.4) is 0 Å². The summed E-state index contributed by atoms with van der Waals surface area (Å²) in [5, 5.41) is 8.68. The molecule has 0 N–H and O–H groups in total. The molecule has 0 aliphatic rings. The Bertz CT molecular complexity index is 407. The van der Waals surface area contributed by atoms with Gasteiger partial charge in [-0.2, -0.15) is 5.26 Å². The highest BCUT2D eigenvalue weighted by molar-refractivity contribution is 5.41. The molecule has 1 rings (SSSR count). The topological polar surface area (TPSA) is 36.3 Å². The number of ether oxygens (including phenoxy) is 1. The molecule has 16 heavy (non-hydrogen) atoms. The van der Waals surface area contributed by atoms with Crippen LogP contribution in [0.4, 0.5) is 0 Å². The summed E-state index contributed by atoms with van der Waals surface area (Å²) in [5.41, 5.74) is 3.65. The molecular weight excluding hydrogens is 200 g/mol. The van der Waals surface area contributed by atoms with E-state index in [1.807, 2.05) is 0 Å². The predicted octanol–water partition coefficient (Wildman–Crippen LogP) is 2.27. The van der Waals surface area contributed by atoms with Crippen LogP contribution in [0.5, 0.6) is 5.75 Å². The molecule has 0 fully saturated rings. The van der Waals surface area contributed by atoms with Crippen LogP contribution in [0.2, 0.25) is 0 Å². The number of benzene rings is 1. The Morgan fingerprint density at radius 3 is 2.50 bits per heavy atom. The summed E-state index contributed by atoms with van der Waals surface area (Å²) in [7, 11) is 3.47. The molecule has 3 heteroatoms. The van der Waals surface area contributed by atoms with Gasteiger partial charge in [-0.1, -0.05) is 6.07 Å². The number of aryl methyl sites for hydroxylation is 2. The Kier molecular flexibility index (Phi) is 4.19. The van der Waals surface area contributed by atoms with Crippen LogP contribution in [-0.4, -0.2) is 25.6 Å². The lowest BCUT2D eigenvalue weighted by molar-refractivity contribution is 0.404. The third-order valence-corrected chi connectivity index (χ3v) is 2.78. The van der Waals surface area contributed by atoms with Crippen molar-refractivity contribution in [2.75, 3.05) is 20.7 Å². The Hall–Kier alpha value is -1.69. The maximum absolute atomic E-state index is 8.68. The van der Waals surface area contributed by atoms with Crippen molar-refractivity contribution in [2.24, 2.45) is 0 Å². The third-order valence-electron chi connectivity index (χ3n) is 2.78. The molecule has 0 atom stereocenters. The average Bonchev–Trinajstić information content (AvgIpc) is 2.29. The fraction of sp³-hybridized carbons (Fsp3) is 0.462. The lowest BCUT2D eigenvalue weighted by Crippen LogP contribution is -2.15. The summed E-state index contributed by atoms with van der Waals surface area (Å²) in [4.78, 5) is 1.62. The normalized spacial score (nSPS) is 9.69. The quantitative estimate of drug-likeness (QED) is 0.574. The van der Waals surface area contributed by atoms with Gasteiger partial charge in [-0.05, 0) is 43.0 Å². The molecule has 1 aromatic rings. The maximum Gasteiger partial charge on any atom is 0.179 e. The van der Waals surface area contributed by atoms with Gasteiger partial charge in [-0.25, -0.2) is 0 Å². The van der Waals surface area contributed by atoms with Crippen LogP contribution in [0.25, 0.3) is 0 Å². The van der Waals surface area contributed by atoms with Gasteiger partial charge in [0.15, 0.2) is 6.19 Å². The highest BCUT2D eigenvalue weighted by Gasteiger charge is 2.06. The highest BCUT2D eigenvalue weighted by atomic mass is 16.5. The minimum absolute atomic E-state index is 0.718. The van der Waals surface area contributed by atoms with E-state index in [2.05, 4.69) is 32.2 Å². The van der Waals surface area contributed by atoms with Crippen molar-refractivity contribution < 1.29 is 4.74 Å². The zero-order valence-electron chi connectivity index (χ0n) is 10.4. The second-order valence-corrected chi connectivity index (χ2v) is 4.02. The summed E-state index contributed by atoms with van der Waals surface area (Å²) in [5.74, 6) is 0.912. The Balaban J connectivity index is 2.87. The van der Waals surface area contributed by atoms with E-state index >= 15 is 0 Å². The van der Waals surface area contributed by atoms with E-state index in [4.69, 9.17) is 10.00 Å². The van der Waals surface area contributed by atoms with Crippen molar-refractivity contribution in [3.8, 4) is 11.9 Å². The number of hydrogen-bond acceptors (Lipinski definition) is 3. The van der Waals surface area contributed by atoms with Crippen molar-refractivity contribution in [3.05, 3.63) is 28.8 Å². The van der Waals surface area contributed by atoms with E-state index in [9.17, 15) is 0 Å². The molecule has 0 bridgehead atoms. The van der Waals surface area contributed by atoms with Gasteiger partial charge >= 0.3 is 0 Å². The van der Waals surface area contributed by atoms with Gasteiger partial charge < -0.3 is 9.64 Å². The summed E-state index contributed by atoms with van der Waals surface area (Å²) < 4.78 is 5.35. The number of hydrogen-bond donors (Lipinski definition) is 0. The Labute approximate surface area is 97.3 Å². The SMILES string of the molecule is COc1cc(C)c(C)cc1CCN(C)C#N. The van der Waals surface area contributed by atoms with Crippen LogP contribution in [-0.2, 0) is 6.42 Å². The zero-order valence-corrected chi connectivity index (χ0v) is 10.4. The number of rotatable bonds is 4. The van der Waals surface area contributed by atoms with Gasteiger partial charge in [-0.3, -0.25) is 0 Å². The molecule has 0 saturated carbocycles. The highest BCUT2D eigenvalue weighted by Crippen LogP contribution is 2.23. The smallest absolute Gasteiger partial charge is 0.179 e. The molecule has 0 heterocycles. The summed E-state index contributed by atoms with van der Waals surface area (Å²) >= 11 is 0. The molecular formula is C13H18N2O. The number of methoxy groups -OCH3 is 1. The van der Waals surface area contributed by atoms with Crippen molar-refractivity contribution >= 4 is 0 Å². The first-order chi connectivity index (χ1) is 7.58. The van der Waals surface area contributed by atoms with Gasteiger partial charge in [0.05, 0.1) is 7.11 Å². The minimum atomic E-state index is 0.718. The molecule has 0 aliphatic carbocycles. The number of likely N-dealkylation sites (N-methyl/N-ethyl adjacent to an activating group) is 1. The molecule has 0 aromatic heterocycles. The third kappa shape index (κ3) is 2.90. The summed E-state index contributed by atoms with van der Waals surface area (Å²) in [6, 6.07) is 4.19. The average molecular weight is 218 g/mol. The van der Waals surface area contributed by atoms with Crippen molar-refractivity contribution in [3.63, 3.8) is 0 Å². The van der Waals surface area contributed by atoms with Crippen LogP contribution < -0.4 is 4.74 Å². The zero-order chi connectivity index (χ0) is 12.1. The van der Waals surface area contributed by atoms with Crippen LogP contribution in [0.15, 0.2) is 12.1 Å². The molecule has 0 aliphatic heterocycles. The summed E-state index contributed by atoms with van der Waals surface area (Å²) in [6.45, 7) is 4.88. The van der Waals surface area contributed by atoms with Crippen molar-refractivity contribution in [1.29, 1.82) is 5.26 Å². The predicted molar refractivity (Wildman–Crippen MR) is 64.4 cm³/mol. The first kappa shape index (κ1) is 12.4. The minimum Gasteiger partial charge on any atom is -0.496 e. The fourth-order valence-corrected chi connectivity index (χ4v) is 1.57. The number of nitriles is 1. The van der Waals surface area contributed by atoms with E-state index in [0.717, 1.165) is 24.3 Å². The molecule has 0 unspecified atom stereocenters. The van der Waals surface area contributed by atoms with Gasteiger partial charge in [-0.15, -0.1) is 0 Å². The standard InChI is InChI=1S/C13H18N2O/c1-10-7-12(5-6-15(3)9-14)13(16-4)8-11(10)2/h7-8H,5-6H2,1-4H3. The second kappa shape index (κ2) is 5.41. The van der Waals surface area contributed by atoms with Gasteiger partial charge in [0.25, 0.3) is 0 Å².